The molecule has 2 aromatic carbocycles. The van der Waals surface area contributed by atoms with Crippen molar-refractivity contribution in [1.29, 1.82) is 5.26 Å². The van der Waals surface area contributed by atoms with Crippen LogP contribution in [0.5, 0.6) is 5.75 Å². The summed E-state index contributed by atoms with van der Waals surface area (Å²) in [6, 6.07) is 12.4. The molecule has 142 valence electrons. The van der Waals surface area contributed by atoms with Crippen molar-refractivity contribution < 1.29 is 9.47 Å². The van der Waals surface area contributed by atoms with Crippen LogP contribution in [0.25, 0.3) is 0 Å². The third-order valence-corrected chi connectivity index (χ3v) is 5.60. The largest absolute Gasteiger partial charge is 0.492 e. The molecule has 0 unspecified atom stereocenters. The predicted molar refractivity (Wildman–Crippen MR) is 110 cm³/mol. The van der Waals surface area contributed by atoms with Gasteiger partial charge < -0.3 is 9.47 Å². The van der Waals surface area contributed by atoms with Gasteiger partial charge in [0.25, 0.3) is 0 Å². The predicted octanol–water partition coefficient (Wildman–Crippen LogP) is 4.24. The molecule has 0 atom stereocenters. The fourth-order valence-electron chi connectivity index (χ4n) is 3.52. The molecule has 0 spiro atoms. The average molecular weight is 429 g/mol. The molecule has 0 amide bonds. The van der Waals surface area contributed by atoms with Crippen molar-refractivity contribution in [2.24, 2.45) is 0 Å². The highest BCUT2D eigenvalue weighted by molar-refractivity contribution is 9.10. The maximum atomic E-state index is 9.47. The van der Waals surface area contributed by atoms with Crippen LogP contribution in [0.3, 0.4) is 0 Å². The van der Waals surface area contributed by atoms with Crippen LogP contribution in [0.4, 0.5) is 0 Å². The van der Waals surface area contributed by atoms with Gasteiger partial charge in [-0.1, -0.05) is 39.7 Å². The lowest BCUT2D eigenvalue weighted by Gasteiger charge is -2.26. The molecule has 0 aromatic heterocycles. The number of hydrogen-bond acceptors (Lipinski definition) is 4. The molecule has 5 heteroatoms. The van der Waals surface area contributed by atoms with E-state index in [1.54, 1.807) is 0 Å². The molecule has 1 aliphatic rings. The van der Waals surface area contributed by atoms with Crippen molar-refractivity contribution in [2.45, 2.75) is 20.3 Å². The first-order valence-electron chi connectivity index (χ1n) is 9.29. The summed E-state index contributed by atoms with van der Waals surface area (Å²) in [6.45, 7) is 9.26. The lowest BCUT2D eigenvalue weighted by molar-refractivity contribution is 0.0321. The first-order valence-corrected chi connectivity index (χ1v) is 10.1. The van der Waals surface area contributed by atoms with Crippen LogP contribution in [0.2, 0.25) is 0 Å². The Bertz CT molecular complexity index is 839. The van der Waals surface area contributed by atoms with Crippen LogP contribution in [-0.4, -0.2) is 44.4 Å². The zero-order valence-electron chi connectivity index (χ0n) is 15.9. The van der Waals surface area contributed by atoms with Crippen molar-refractivity contribution in [3.05, 3.63) is 62.6 Å². The van der Waals surface area contributed by atoms with Crippen LogP contribution in [0.15, 0.2) is 34.8 Å². The van der Waals surface area contributed by atoms with Gasteiger partial charge in [0.15, 0.2) is 0 Å². The maximum absolute atomic E-state index is 9.47. The monoisotopic (exact) mass is 428 g/mol. The summed E-state index contributed by atoms with van der Waals surface area (Å²) in [5.74, 6) is 0.938. The minimum absolute atomic E-state index is 0.651. The standard InChI is InChI=1S/C22H25BrN2O2/c1-16-12-17(2)22(27-11-8-25-6-9-26-10-7-25)19(13-16)14-20-18(15-24)4-3-5-21(20)23/h3-5,12-13H,6-11,14H2,1-2H3. The number of rotatable bonds is 6. The Balaban J connectivity index is 1.80. The topological polar surface area (TPSA) is 45.5 Å². The Morgan fingerprint density at radius 3 is 2.74 bits per heavy atom. The van der Waals surface area contributed by atoms with E-state index >= 15 is 0 Å². The molecule has 0 aliphatic carbocycles. The summed E-state index contributed by atoms with van der Waals surface area (Å²) in [5, 5.41) is 9.47. The SMILES string of the molecule is Cc1cc(C)c(OCCN2CCOCC2)c(Cc2c(Br)cccc2C#N)c1. The summed E-state index contributed by atoms with van der Waals surface area (Å²) in [4.78, 5) is 2.37. The fraction of sp³-hybridized carbons (Fsp3) is 0.409. The molecule has 0 bridgehead atoms. The van der Waals surface area contributed by atoms with E-state index in [2.05, 4.69) is 52.9 Å². The van der Waals surface area contributed by atoms with Gasteiger partial charge in [0.2, 0.25) is 0 Å². The lowest BCUT2D eigenvalue weighted by Crippen LogP contribution is -2.38. The van der Waals surface area contributed by atoms with Crippen LogP contribution >= 0.6 is 15.9 Å². The van der Waals surface area contributed by atoms with Crippen molar-refractivity contribution in [2.75, 3.05) is 39.5 Å². The molecule has 27 heavy (non-hydrogen) atoms. The molecule has 1 fully saturated rings. The van der Waals surface area contributed by atoms with E-state index in [9.17, 15) is 5.26 Å². The number of ether oxygens (including phenoxy) is 2. The molecule has 0 radical (unpaired) electrons. The second-order valence-electron chi connectivity index (χ2n) is 6.93. The van der Waals surface area contributed by atoms with Crippen LogP contribution in [-0.2, 0) is 11.2 Å². The zero-order chi connectivity index (χ0) is 19.2. The number of halogens is 1. The first kappa shape index (κ1) is 19.9. The van der Waals surface area contributed by atoms with Gasteiger partial charge in [-0.2, -0.15) is 5.26 Å². The quantitative estimate of drug-likeness (QED) is 0.689. The summed E-state index contributed by atoms with van der Waals surface area (Å²) < 4.78 is 12.6. The first-order chi connectivity index (χ1) is 13.1. The van der Waals surface area contributed by atoms with E-state index in [1.165, 1.54) is 5.56 Å². The second kappa shape index (κ2) is 9.36. The fourth-order valence-corrected chi connectivity index (χ4v) is 4.02. The van der Waals surface area contributed by atoms with Gasteiger partial charge in [0, 0.05) is 30.5 Å². The Morgan fingerprint density at radius 1 is 1.22 bits per heavy atom. The molecule has 4 nitrogen and oxygen atoms in total. The highest BCUT2D eigenvalue weighted by Gasteiger charge is 2.15. The molecule has 0 N–H and O–H groups in total. The molecule has 0 saturated carbocycles. The zero-order valence-corrected chi connectivity index (χ0v) is 17.5. The van der Waals surface area contributed by atoms with Gasteiger partial charge in [-0.3, -0.25) is 4.90 Å². The van der Waals surface area contributed by atoms with Crippen LogP contribution in [0.1, 0.15) is 27.8 Å². The van der Waals surface area contributed by atoms with Crippen LogP contribution < -0.4 is 4.74 Å². The Labute approximate surface area is 169 Å². The van der Waals surface area contributed by atoms with Crippen molar-refractivity contribution >= 4 is 15.9 Å². The van der Waals surface area contributed by atoms with E-state index in [1.807, 2.05) is 18.2 Å². The van der Waals surface area contributed by atoms with E-state index < -0.39 is 0 Å². The number of benzene rings is 2. The van der Waals surface area contributed by atoms with Gasteiger partial charge in [-0.25, -0.2) is 0 Å². The normalized spacial score (nSPS) is 14.7. The molecule has 2 aromatic rings. The Morgan fingerprint density at radius 2 is 2.00 bits per heavy atom. The van der Waals surface area contributed by atoms with Gasteiger partial charge in [0.05, 0.1) is 24.8 Å². The third-order valence-electron chi connectivity index (χ3n) is 4.86. The third kappa shape index (κ3) is 5.10. The van der Waals surface area contributed by atoms with Gasteiger partial charge in [-0.05, 0) is 42.7 Å². The van der Waals surface area contributed by atoms with Gasteiger partial charge in [0.1, 0.15) is 12.4 Å². The summed E-state index contributed by atoms with van der Waals surface area (Å²) in [5.41, 5.74) is 5.16. The number of aryl methyl sites for hydroxylation is 2. The van der Waals surface area contributed by atoms with E-state index in [0.29, 0.717) is 18.6 Å². The average Bonchev–Trinajstić information content (AvgIpc) is 2.66. The van der Waals surface area contributed by atoms with Crippen molar-refractivity contribution in [3.63, 3.8) is 0 Å². The second-order valence-corrected chi connectivity index (χ2v) is 7.78. The minimum Gasteiger partial charge on any atom is -0.492 e. The molecular formula is C22H25BrN2O2. The highest BCUT2D eigenvalue weighted by Crippen LogP contribution is 2.31. The number of nitrogens with zero attached hydrogens (tertiary/aromatic N) is 2. The van der Waals surface area contributed by atoms with E-state index in [-0.39, 0.29) is 0 Å². The molecule has 3 rings (SSSR count). The van der Waals surface area contributed by atoms with Gasteiger partial charge >= 0.3 is 0 Å². The number of nitriles is 1. The smallest absolute Gasteiger partial charge is 0.125 e. The Hall–Kier alpha value is -1.87. The minimum atomic E-state index is 0.651. The van der Waals surface area contributed by atoms with Crippen molar-refractivity contribution in [3.8, 4) is 11.8 Å². The number of hydrogen-bond donors (Lipinski definition) is 0. The number of morpholine rings is 1. The van der Waals surface area contributed by atoms with Crippen molar-refractivity contribution in [1.82, 2.24) is 4.90 Å². The molecule has 1 aliphatic heterocycles. The Kier molecular flexibility index (Phi) is 6.89. The van der Waals surface area contributed by atoms with E-state index in [0.717, 1.165) is 59.8 Å². The van der Waals surface area contributed by atoms with Crippen LogP contribution in [0, 0.1) is 25.2 Å². The molecule has 1 saturated heterocycles. The van der Waals surface area contributed by atoms with E-state index in [4.69, 9.17) is 9.47 Å². The molecule has 1 heterocycles. The highest BCUT2D eigenvalue weighted by atomic mass is 79.9. The summed E-state index contributed by atoms with van der Waals surface area (Å²) in [6.07, 6.45) is 0.666. The summed E-state index contributed by atoms with van der Waals surface area (Å²) >= 11 is 3.60. The molecular weight excluding hydrogens is 404 g/mol. The summed E-state index contributed by atoms with van der Waals surface area (Å²) in [7, 11) is 0. The lowest BCUT2D eigenvalue weighted by atomic mass is 9.96. The maximum Gasteiger partial charge on any atom is 0.125 e. The van der Waals surface area contributed by atoms with Gasteiger partial charge in [-0.15, -0.1) is 0 Å².